The first-order valence-corrected chi connectivity index (χ1v) is 10.2. The summed E-state index contributed by atoms with van der Waals surface area (Å²) in [6, 6.07) is 5.80. The minimum Gasteiger partial charge on any atom is -0.494 e. The molecule has 1 fully saturated rings. The van der Waals surface area contributed by atoms with Gasteiger partial charge in [-0.2, -0.15) is 0 Å². The number of imide groups is 1. The lowest BCUT2D eigenvalue weighted by atomic mass is 10.0. The molecule has 2 aromatic rings. The predicted octanol–water partition coefficient (Wildman–Crippen LogP) is 0.619. The average Bonchev–Trinajstić information content (AvgIpc) is 2.90. The molecular weight excluding hydrogens is 416 g/mol. The van der Waals surface area contributed by atoms with Gasteiger partial charge in [0.15, 0.2) is 0 Å². The van der Waals surface area contributed by atoms with Crippen LogP contribution in [0.5, 0.6) is 5.88 Å². The van der Waals surface area contributed by atoms with Gasteiger partial charge in [-0.15, -0.1) is 0 Å². The van der Waals surface area contributed by atoms with E-state index in [4.69, 9.17) is 11.1 Å². The van der Waals surface area contributed by atoms with E-state index in [9.17, 15) is 24.3 Å². The molecular formula is C21H26N6O5. The van der Waals surface area contributed by atoms with E-state index in [-0.39, 0.29) is 24.7 Å². The number of amidine groups is 1. The van der Waals surface area contributed by atoms with Gasteiger partial charge in [-0.3, -0.25) is 24.9 Å². The topological polar surface area (TPSA) is 164 Å². The van der Waals surface area contributed by atoms with Crippen molar-refractivity contribution in [1.29, 1.82) is 5.41 Å². The number of amides is 3. The fraction of sp³-hybridized carbons (Fsp3) is 0.381. The van der Waals surface area contributed by atoms with Crippen LogP contribution in [-0.2, 0) is 17.9 Å². The number of nitrogens with zero attached hydrogens (tertiary/aromatic N) is 3. The molecule has 5 N–H and O–H groups in total. The lowest BCUT2D eigenvalue weighted by Gasteiger charge is -2.28. The normalized spacial score (nSPS) is 15.2. The van der Waals surface area contributed by atoms with Crippen LogP contribution in [-0.4, -0.2) is 42.5 Å². The molecule has 0 unspecified atom stereocenters. The smallest absolute Gasteiger partial charge is 0.338 e. The second-order valence-corrected chi connectivity index (χ2v) is 8.11. The average molecular weight is 442 g/mol. The molecule has 32 heavy (non-hydrogen) atoms. The molecule has 1 aliphatic rings. The second-order valence-electron chi connectivity index (χ2n) is 8.11. The van der Waals surface area contributed by atoms with Crippen LogP contribution in [0.3, 0.4) is 0 Å². The van der Waals surface area contributed by atoms with Crippen molar-refractivity contribution < 1.29 is 14.7 Å². The van der Waals surface area contributed by atoms with Crippen LogP contribution in [0.2, 0.25) is 0 Å². The SMILES string of the molecule is CCCCn1c(O)c(C(=N)N)c(=O)n(-c2ccc(CN3C(=O)NC(=O)C3(C)C)cc2)c1=O. The molecule has 11 heteroatoms. The molecule has 1 aromatic carbocycles. The van der Waals surface area contributed by atoms with Crippen LogP contribution in [0.4, 0.5) is 4.79 Å². The van der Waals surface area contributed by atoms with E-state index >= 15 is 0 Å². The quantitative estimate of drug-likeness (QED) is 0.279. The zero-order valence-electron chi connectivity index (χ0n) is 18.1. The Morgan fingerprint density at radius 1 is 1.16 bits per heavy atom. The van der Waals surface area contributed by atoms with Gasteiger partial charge in [-0.1, -0.05) is 25.5 Å². The largest absolute Gasteiger partial charge is 0.494 e. The van der Waals surface area contributed by atoms with Crippen LogP contribution < -0.4 is 22.3 Å². The van der Waals surface area contributed by atoms with E-state index in [2.05, 4.69) is 5.32 Å². The number of rotatable bonds is 7. The number of nitrogens with two attached hydrogens (primary N) is 1. The summed E-state index contributed by atoms with van der Waals surface area (Å²) in [5.41, 5.74) is 3.30. The first kappa shape index (κ1) is 22.8. The van der Waals surface area contributed by atoms with Gasteiger partial charge in [0, 0.05) is 13.1 Å². The van der Waals surface area contributed by atoms with E-state index in [1.165, 1.54) is 17.0 Å². The Balaban J connectivity index is 2.04. The van der Waals surface area contributed by atoms with E-state index in [0.29, 0.717) is 12.0 Å². The third-order valence-electron chi connectivity index (χ3n) is 5.55. The van der Waals surface area contributed by atoms with Gasteiger partial charge in [0.1, 0.15) is 16.9 Å². The molecule has 0 radical (unpaired) electrons. The number of aromatic nitrogens is 2. The van der Waals surface area contributed by atoms with Crippen molar-refractivity contribution in [3.63, 3.8) is 0 Å². The molecule has 1 aromatic heterocycles. The maximum absolute atomic E-state index is 13.0. The Morgan fingerprint density at radius 3 is 2.28 bits per heavy atom. The summed E-state index contributed by atoms with van der Waals surface area (Å²) < 4.78 is 1.88. The number of hydrogen-bond donors (Lipinski definition) is 4. The van der Waals surface area contributed by atoms with Crippen LogP contribution in [0, 0.1) is 5.41 Å². The highest BCUT2D eigenvalue weighted by Gasteiger charge is 2.45. The van der Waals surface area contributed by atoms with Crippen molar-refractivity contribution in [3.8, 4) is 11.6 Å². The Hall–Kier alpha value is -3.89. The maximum atomic E-state index is 13.0. The standard InChI is InChI=1S/C21H26N6O5/c1-4-5-10-25-16(28)14(15(22)23)17(29)27(20(25)32)13-8-6-12(7-9-13)11-26-19(31)24-18(30)21(26,2)3/h6-9,28H,4-5,10-11H2,1-3H3,(H3,22,23)(H,24,30,31). The number of nitrogens with one attached hydrogen (secondary N) is 2. The molecule has 0 saturated carbocycles. The summed E-state index contributed by atoms with van der Waals surface area (Å²) >= 11 is 0. The highest BCUT2D eigenvalue weighted by Crippen LogP contribution is 2.24. The van der Waals surface area contributed by atoms with Crippen LogP contribution in [0.15, 0.2) is 33.9 Å². The maximum Gasteiger partial charge on any atom is 0.338 e. The zero-order chi connectivity index (χ0) is 23.8. The first-order chi connectivity index (χ1) is 15.0. The van der Waals surface area contributed by atoms with E-state index in [1.807, 2.05) is 6.92 Å². The minimum atomic E-state index is -1.01. The van der Waals surface area contributed by atoms with Crippen molar-refractivity contribution in [3.05, 3.63) is 56.2 Å². The third-order valence-corrected chi connectivity index (χ3v) is 5.55. The summed E-state index contributed by atoms with van der Waals surface area (Å²) in [7, 11) is 0. The number of carbonyl (C=O) groups is 2. The Kier molecular flexibility index (Phi) is 5.93. The van der Waals surface area contributed by atoms with Gasteiger partial charge in [0.25, 0.3) is 11.5 Å². The molecule has 0 atom stereocenters. The number of hydrogen-bond acceptors (Lipinski definition) is 6. The summed E-state index contributed by atoms with van der Waals surface area (Å²) in [6.07, 6.45) is 1.33. The van der Waals surface area contributed by atoms with Crippen molar-refractivity contribution >= 4 is 17.8 Å². The Morgan fingerprint density at radius 2 is 1.78 bits per heavy atom. The highest BCUT2D eigenvalue weighted by molar-refractivity contribution is 6.06. The third kappa shape index (κ3) is 3.77. The summed E-state index contributed by atoms with van der Waals surface area (Å²) in [5, 5.41) is 20.3. The van der Waals surface area contributed by atoms with Gasteiger partial charge in [-0.05, 0) is 38.0 Å². The van der Waals surface area contributed by atoms with Crippen molar-refractivity contribution in [2.24, 2.45) is 5.73 Å². The molecule has 3 amide bonds. The molecule has 0 spiro atoms. The van der Waals surface area contributed by atoms with Gasteiger partial charge in [-0.25, -0.2) is 14.2 Å². The number of unbranched alkanes of at least 4 members (excludes halogenated alkanes) is 1. The molecule has 3 rings (SSSR count). The lowest BCUT2D eigenvalue weighted by Crippen LogP contribution is -2.43. The van der Waals surface area contributed by atoms with Gasteiger partial charge >= 0.3 is 11.7 Å². The molecule has 0 aliphatic carbocycles. The van der Waals surface area contributed by atoms with Gasteiger partial charge in [0.05, 0.1) is 5.69 Å². The number of urea groups is 1. The molecule has 11 nitrogen and oxygen atoms in total. The Labute approximate surface area is 183 Å². The van der Waals surface area contributed by atoms with E-state index in [0.717, 1.165) is 15.6 Å². The van der Waals surface area contributed by atoms with Crippen molar-refractivity contribution in [2.45, 2.75) is 52.2 Å². The van der Waals surface area contributed by atoms with Crippen LogP contribution in [0.25, 0.3) is 5.69 Å². The van der Waals surface area contributed by atoms with Crippen molar-refractivity contribution in [2.75, 3.05) is 0 Å². The molecule has 170 valence electrons. The van der Waals surface area contributed by atoms with Gasteiger partial charge < -0.3 is 15.7 Å². The van der Waals surface area contributed by atoms with Crippen LogP contribution >= 0.6 is 0 Å². The monoisotopic (exact) mass is 442 g/mol. The minimum absolute atomic E-state index is 0.148. The zero-order valence-corrected chi connectivity index (χ0v) is 18.1. The van der Waals surface area contributed by atoms with E-state index in [1.54, 1.807) is 26.0 Å². The van der Waals surface area contributed by atoms with Crippen LogP contribution in [0.1, 0.15) is 44.7 Å². The summed E-state index contributed by atoms with van der Waals surface area (Å²) in [5.74, 6) is -1.66. The molecule has 0 bridgehead atoms. The second kappa shape index (κ2) is 8.33. The van der Waals surface area contributed by atoms with Gasteiger partial charge in [0.2, 0.25) is 5.88 Å². The molecule has 2 heterocycles. The number of nitrogen functional groups attached to an aromatic ring is 1. The lowest BCUT2D eigenvalue weighted by molar-refractivity contribution is -0.125. The summed E-state index contributed by atoms with van der Waals surface area (Å²) in [6.45, 7) is 5.50. The molecule has 1 aliphatic heterocycles. The molecule has 1 saturated heterocycles. The number of carbonyl (C=O) groups excluding carboxylic acids is 2. The Bertz CT molecular complexity index is 1210. The fourth-order valence-electron chi connectivity index (χ4n) is 3.52. The fourth-order valence-corrected chi connectivity index (χ4v) is 3.52. The summed E-state index contributed by atoms with van der Waals surface area (Å²) in [4.78, 5) is 51.3. The predicted molar refractivity (Wildman–Crippen MR) is 117 cm³/mol. The highest BCUT2D eigenvalue weighted by atomic mass is 16.3. The number of benzene rings is 1. The van der Waals surface area contributed by atoms with E-state index < -0.39 is 40.1 Å². The number of aromatic hydroxyl groups is 1. The van der Waals surface area contributed by atoms with Crippen molar-refractivity contribution in [1.82, 2.24) is 19.4 Å². The first-order valence-electron chi connectivity index (χ1n) is 10.2.